The molecule has 1 spiro atoms. The zero-order chi connectivity index (χ0) is 39.7. The van der Waals surface area contributed by atoms with Gasteiger partial charge in [-0.25, -0.2) is 0 Å². The van der Waals surface area contributed by atoms with Crippen LogP contribution in [0.25, 0.3) is 10.9 Å². The third kappa shape index (κ3) is 4.89. The molecule has 4 bridgehead atoms. The van der Waals surface area contributed by atoms with Gasteiger partial charge in [-0.05, 0) is 63.5 Å². The molecule has 1 aromatic heterocycles. The molecule has 8 heterocycles. The van der Waals surface area contributed by atoms with Gasteiger partial charge in [-0.3, -0.25) is 24.3 Å². The van der Waals surface area contributed by atoms with Crippen LogP contribution in [-0.2, 0) is 32.7 Å². The summed E-state index contributed by atoms with van der Waals surface area (Å²) in [4.78, 5) is 38.5. The lowest BCUT2D eigenvalue weighted by molar-refractivity contribution is -0.137. The van der Waals surface area contributed by atoms with Crippen LogP contribution < -0.4 is 18.9 Å². The average Bonchev–Trinajstić information content (AvgIpc) is 3.82. The van der Waals surface area contributed by atoms with E-state index in [0.29, 0.717) is 47.3 Å². The van der Waals surface area contributed by atoms with Gasteiger partial charge in [0.25, 0.3) is 0 Å². The average molecular weight is 792 g/mol. The van der Waals surface area contributed by atoms with Crippen LogP contribution in [0.4, 0.5) is 0 Å². The van der Waals surface area contributed by atoms with E-state index in [-0.39, 0.29) is 37.6 Å². The number of nitrogens with zero attached hydrogens (tertiary/aromatic N) is 4. The predicted octanol–water partition coefficient (Wildman–Crippen LogP) is 5.14. The van der Waals surface area contributed by atoms with E-state index in [9.17, 15) is 15.2 Å². The van der Waals surface area contributed by atoms with E-state index in [4.69, 9.17) is 23.7 Å². The second kappa shape index (κ2) is 13.1. The zero-order valence-corrected chi connectivity index (χ0v) is 33.6. The lowest BCUT2D eigenvalue weighted by Crippen LogP contribution is -2.69. The zero-order valence-electron chi connectivity index (χ0n) is 32.8. The van der Waals surface area contributed by atoms with Crippen LogP contribution in [0, 0.1) is 25.2 Å². The topological polar surface area (TPSA) is 150 Å². The van der Waals surface area contributed by atoms with Gasteiger partial charge in [0.1, 0.15) is 23.9 Å². The van der Waals surface area contributed by atoms with E-state index in [1.807, 2.05) is 46.1 Å². The molecule has 0 saturated carbocycles. The molecule has 0 radical (unpaired) electrons. The largest absolute Gasteiger partial charge is 0.504 e. The molecular weight excluding hydrogens is 747 g/mol. The number of hydrogen-bond donors (Lipinski definition) is 2. The molecule has 0 amide bonds. The quantitative estimate of drug-likeness (QED) is 0.204. The minimum absolute atomic E-state index is 0.0213. The highest BCUT2D eigenvalue weighted by Gasteiger charge is 2.61. The molecule has 2 saturated heterocycles. The van der Waals surface area contributed by atoms with Crippen molar-refractivity contribution in [2.75, 3.05) is 53.5 Å². The van der Waals surface area contributed by atoms with E-state index in [0.717, 1.165) is 56.4 Å². The van der Waals surface area contributed by atoms with Crippen LogP contribution >= 0.6 is 11.8 Å². The van der Waals surface area contributed by atoms with Gasteiger partial charge in [0.05, 0.1) is 37.1 Å². The van der Waals surface area contributed by atoms with Crippen molar-refractivity contribution in [1.29, 1.82) is 5.26 Å². The lowest BCUT2D eigenvalue weighted by atomic mass is 9.71. The minimum atomic E-state index is -1.11. The van der Waals surface area contributed by atoms with Crippen LogP contribution in [0.5, 0.6) is 28.7 Å². The van der Waals surface area contributed by atoms with Crippen LogP contribution in [-0.4, -0.2) is 108 Å². The number of para-hydroxylation sites is 1. The number of H-pyrrole nitrogens is 1. The molecule has 0 aliphatic carbocycles. The number of aryl methyl sites for hydroxylation is 1. The SMILES string of the molecule is COc1c(C)cc2c(c1O)[C@@H]1C3[C@@H]4SC[C@]5(C(=O)COC[C@H](c6c7c(c(C)c(OC(C)=O)c64)OCO7)N3[C@@H](C#N)[C@H](C2)N1C)c1[nH]c2ccccc2c1CCN5C. The monoisotopic (exact) mass is 791 g/mol. The molecule has 7 atom stereocenters. The van der Waals surface area contributed by atoms with E-state index in [1.165, 1.54) is 6.92 Å². The van der Waals surface area contributed by atoms with Crippen molar-refractivity contribution in [2.24, 2.45) is 0 Å². The number of nitriles is 1. The van der Waals surface area contributed by atoms with Gasteiger partial charge in [-0.2, -0.15) is 5.26 Å². The number of aromatic amines is 1. The van der Waals surface area contributed by atoms with Crippen molar-refractivity contribution in [3.05, 3.63) is 75.0 Å². The van der Waals surface area contributed by atoms with Crippen molar-refractivity contribution in [3.8, 4) is 34.8 Å². The summed E-state index contributed by atoms with van der Waals surface area (Å²) >= 11 is 1.61. The number of fused-ring (bicyclic) bond motifs is 12. The molecule has 11 rings (SSSR count). The number of ether oxygens (including phenoxy) is 5. The van der Waals surface area contributed by atoms with Crippen LogP contribution in [0.3, 0.4) is 0 Å². The van der Waals surface area contributed by atoms with Gasteiger partial charge in [-0.15, -0.1) is 11.8 Å². The van der Waals surface area contributed by atoms with Gasteiger partial charge in [0, 0.05) is 70.2 Å². The highest BCUT2D eigenvalue weighted by molar-refractivity contribution is 7.99. The van der Waals surface area contributed by atoms with Crippen molar-refractivity contribution >= 4 is 34.4 Å². The second-order valence-electron chi connectivity index (χ2n) is 16.2. The van der Waals surface area contributed by atoms with E-state index >= 15 is 4.79 Å². The summed E-state index contributed by atoms with van der Waals surface area (Å²) in [5.74, 6) is 1.65. The predicted molar refractivity (Wildman–Crippen MR) is 211 cm³/mol. The first-order valence-corrected chi connectivity index (χ1v) is 20.5. The number of phenolic OH excluding ortho intramolecular Hbond substituents is 1. The molecule has 57 heavy (non-hydrogen) atoms. The number of aromatic hydroxyl groups is 1. The molecule has 14 heteroatoms. The number of aromatic nitrogens is 1. The fourth-order valence-corrected chi connectivity index (χ4v) is 13.0. The molecule has 7 aliphatic rings. The number of esters is 1. The Labute approximate surface area is 334 Å². The number of carbonyl (C=O) groups excluding carboxylic acids is 2. The van der Waals surface area contributed by atoms with Crippen LogP contribution in [0.2, 0.25) is 0 Å². The van der Waals surface area contributed by atoms with Crippen LogP contribution in [0.15, 0.2) is 30.3 Å². The number of carbonyl (C=O) groups is 2. The smallest absolute Gasteiger partial charge is 0.308 e. The fraction of sp³-hybridized carbons (Fsp3) is 0.465. The Morgan fingerprint density at radius 3 is 2.68 bits per heavy atom. The van der Waals surface area contributed by atoms with Gasteiger partial charge < -0.3 is 33.8 Å². The summed E-state index contributed by atoms with van der Waals surface area (Å²) in [6.45, 7) is 5.69. The second-order valence-corrected chi connectivity index (χ2v) is 17.4. The first-order valence-electron chi connectivity index (χ1n) is 19.5. The summed E-state index contributed by atoms with van der Waals surface area (Å²) in [5.41, 5.74) is 6.49. The Morgan fingerprint density at radius 1 is 1.12 bits per heavy atom. The number of methoxy groups -OCH3 is 1. The standard InChI is InChI=1S/C43H45N5O8S/c1-20-13-23-14-27-28(15-44)48-29-16-53-17-30(50)43(42-25(11-12-46(43)4)24-9-7-8-10-26(24)45-42)18-57-41(35(48)34(47(27)5)31(23)36(51)37(20)52-6)33-32(29)40-39(54-19-55-40)21(2)38(33)56-22(3)49/h7-10,13,27-29,34-35,41,45,51H,11-12,14,16-19H2,1-6H3/t27-,28-,29+,34+,35?,41+,43-/m0/s1. The Morgan fingerprint density at radius 2 is 1.91 bits per heavy atom. The number of Topliss-reactive ketones (excluding diaryl/α,β-unsaturated/α-hetero) is 1. The first kappa shape index (κ1) is 36.6. The number of ketones is 1. The maximum atomic E-state index is 15.1. The van der Waals surface area contributed by atoms with Crippen molar-refractivity contribution in [3.63, 3.8) is 0 Å². The van der Waals surface area contributed by atoms with Gasteiger partial charge in [0.2, 0.25) is 6.79 Å². The highest BCUT2D eigenvalue weighted by atomic mass is 32.2. The third-order valence-corrected chi connectivity index (χ3v) is 15.0. The van der Waals surface area contributed by atoms with Crippen molar-refractivity contribution in [1.82, 2.24) is 19.7 Å². The van der Waals surface area contributed by atoms with Crippen molar-refractivity contribution in [2.45, 2.75) is 74.6 Å². The van der Waals surface area contributed by atoms with Gasteiger partial charge >= 0.3 is 5.97 Å². The third-order valence-electron chi connectivity index (χ3n) is 13.6. The summed E-state index contributed by atoms with van der Waals surface area (Å²) in [5, 5.41) is 24.0. The fourth-order valence-electron chi connectivity index (χ4n) is 11.1. The summed E-state index contributed by atoms with van der Waals surface area (Å²) in [7, 11) is 5.60. The van der Waals surface area contributed by atoms with E-state index in [1.54, 1.807) is 18.9 Å². The number of benzene rings is 3. The number of likely N-dealkylation sites (N-methyl/N-ethyl adjacent to an activating group) is 2. The van der Waals surface area contributed by atoms with Gasteiger partial charge in [0.15, 0.2) is 28.8 Å². The normalized spacial score (nSPS) is 29.2. The highest BCUT2D eigenvalue weighted by Crippen LogP contribution is 2.64. The van der Waals surface area contributed by atoms with Crippen molar-refractivity contribution < 1.29 is 38.4 Å². The molecule has 2 fully saturated rings. The number of phenols is 1. The maximum Gasteiger partial charge on any atom is 0.308 e. The molecule has 1 unspecified atom stereocenters. The summed E-state index contributed by atoms with van der Waals surface area (Å²) in [6, 6.07) is 10.5. The molecule has 4 aromatic rings. The molecular formula is C43H45N5O8S. The Hall–Kier alpha value is -4.78. The number of piperazine rings is 1. The number of nitrogens with one attached hydrogen (secondary N) is 1. The summed E-state index contributed by atoms with van der Waals surface area (Å²) in [6.07, 6.45) is 1.30. The first-order chi connectivity index (χ1) is 27.5. The minimum Gasteiger partial charge on any atom is -0.504 e. The van der Waals surface area contributed by atoms with Crippen LogP contribution in [0.1, 0.15) is 68.9 Å². The molecule has 296 valence electrons. The van der Waals surface area contributed by atoms with E-state index < -0.39 is 40.9 Å². The molecule has 3 aromatic carbocycles. The molecule has 2 N–H and O–H groups in total. The Balaban J connectivity index is 1.27. The number of hydrogen-bond acceptors (Lipinski definition) is 13. The Bertz CT molecular complexity index is 2440. The molecule has 13 nitrogen and oxygen atoms in total. The lowest BCUT2D eigenvalue weighted by Gasteiger charge is -2.61. The molecule has 7 aliphatic heterocycles. The number of thioether (sulfide) groups is 1. The summed E-state index contributed by atoms with van der Waals surface area (Å²) < 4.78 is 31.1. The van der Waals surface area contributed by atoms with Gasteiger partial charge in [-0.1, -0.05) is 24.3 Å². The Kier molecular flexibility index (Phi) is 8.41. The van der Waals surface area contributed by atoms with E-state index in [2.05, 4.69) is 37.9 Å². The maximum absolute atomic E-state index is 15.1. The number of rotatable bonds is 2.